The zero-order valence-electron chi connectivity index (χ0n) is 8.77. The number of unbranched alkanes of at least 4 members (excludes halogenated alkanes) is 1. The van der Waals surface area contributed by atoms with Gasteiger partial charge in [-0.3, -0.25) is 0 Å². The molecule has 2 rings (SSSR count). The van der Waals surface area contributed by atoms with Crippen molar-refractivity contribution in [2.24, 2.45) is 0 Å². The van der Waals surface area contributed by atoms with Crippen molar-refractivity contribution in [1.82, 2.24) is 4.57 Å². The second kappa shape index (κ2) is 3.85. The number of benzene rings is 1. The summed E-state index contributed by atoms with van der Waals surface area (Å²) in [4.78, 5) is 0. The summed E-state index contributed by atoms with van der Waals surface area (Å²) in [6, 6.07) is 5.07. The third-order valence-corrected chi connectivity index (χ3v) is 2.60. The van der Waals surface area contributed by atoms with E-state index in [1.807, 2.05) is 10.6 Å². The third kappa shape index (κ3) is 1.77. The van der Waals surface area contributed by atoms with Crippen molar-refractivity contribution in [3.8, 4) is 11.5 Å². The van der Waals surface area contributed by atoms with E-state index in [2.05, 4.69) is 6.92 Å². The molecular weight excluding hydrogens is 190 g/mol. The Bertz CT molecular complexity index is 474. The maximum absolute atomic E-state index is 9.68. The number of aromatic hydroxyl groups is 2. The summed E-state index contributed by atoms with van der Waals surface area (Å²) < 4.78 is 2.02. The van der Waals surface area contributed by atoms with Gasteiger partial charge in [-0.1, -0.05) is 13.3 Å². The lowest BCUT2D eigenvalue weighted by Crippen LogP contribution is -1.94. The maximum Gasteiger partial charge on any atom is 0.141 e. The molecule has 0 atom stereocenters. The van der Waals surface area contributed by atoms with Crippen molar-refractivity contribution in [2.45, 2.75) is 26.3 Å². The first kappa shape index (κ1) is 9.90. The molecule has 0 aliphatic rings. The number of phenolic OH excluding ortho intramolecular Hbond substituents is 1. The van der Waals surface area contributed by atoms with E-state index >= 15 is 0 Å². The smallest absolute Gasteiger partial charge is 0.141 e. The van der Waals surface area contributed by atoms with Gasteiger partial charge >= 0.3 is 0 Å². The van der Waals surface area contributed by atoms with Crippen molar-refractivity contribution >= 4 is 10.9 Å². The molecule has 15 heavy (non-hydrogen) atoms. The Morgan fingerprint density at radius 2 is 2.07 bits per heavy atom. The van der Waals surface area contributed by atoms with Crippen LogP contribution in [-0.2, 0) is 6.54 Å². The summed E-state index contributed by atoms with van der Waals surface area (Å²) in [5, 5.41) is 19.7. The number of nitrogens with zero attached hydrogens (tertiary/aromatic N) is 1. The van der Waals surface area contributed by atoms with Gasteiger partial charge in [0.2, 0.25) is 0 Å². The first-order chi connectivity index (χ1) is 7.22. The normalized spacial score (nSPS) is 11.0. The van der Waals surface area contributed by atoms with Crippen LogP contribution in [0.4, 0.5) is 0 Å². The van der Waals surface area contributed by atoms with Gasteiger partial charge in [-0.15, -0.1) is 0 Å². The van der Waals surface area contributed by atoms with E-state index in [4.69, 9.17) is 0 Å². The fourth-order valence-electron chi connectivity index (χ4n) is 1.78. The molecule has 0 radical (unpaired) electrons. The Kier molecular flexibility index (Phi) is 2.54. The molecule has 1 aromatic heterocycles. The second-order valence-corrected chi connectivity index (χ2v) is 3.76. The van der Waals surface area contributed by atoms with Crippen LogP contribution in [0.1, 0.15) is 19.8 Å². The second-order valence-electron chi connectivity index (χ2n) is 3.76. The summed E-state index contributed by atoms with van der Waals surface area (Å²) in [6.45, 7) is 3.04. The van der Waals surface area contributed by atoms with Gasteiger partial charge in [0.15, 0.2) is 0 Å². The van der Waals surface area contributed by atoms with Crippen LogP contribution in [0.3, 0.4) is 0 Å². The summed E-state index contributed by atoms with van der Waals surface area (Å²) in [5.74, 6) is 0.419. The average molecular weight is 205 g/mol. The van der Waals surface area contributed by atoms with Gasteiger partial charge in [0, 0.05) is 18.1 Å². The van der Waals surface area contributed by atoms with Crippen molar-refractivity contribution in [2.75, 3.05) is 0 Å². The Labute approximate surface area is 88.6 Å². The van der Waals surface area contributed by atoms with E-state index in [1.54, 1.807) is 18.3 Å². The molecule has 0 aliphatic carbocycles. The molecular formula is C12H15NO2. The van der Waals surface area contributed by atoms with Crippen LogP contribution in [0.25, 0.3) is 10.9 Å². The van der Waals surface area contributed by atoms with Crippen molar-refractivity contribution < 1.29 is 10.2 Å². The molecule has 0 spiro atoms. The topological polar surface area (TPSA) is 45.4 Å². The molecule has 0 fully saturated rings. The number of rotatable bonds is 3. The van der Waals surface area contributed by atoms with Crippen LogP contribution in [0.5, 0.6) is 11.5 Å². The standard InChI is InChI=1S/C12H15NO2/c1-2-3-6-13-8-12(15)10-7-9(14)4-5-11(10)13/h4-5,7-8,14-15H,2-3,6H2,1H3. The molecule has 0 saturated carbocycles. The Morgan fingerprint density at radius 1 is 1.27 bits per heavy atom. The number of hydrogen-bond donors (Lipinski definition) is 2. The van der Waals surface area contributed by atoms with Crippen LogP contribution < -0.4 is 0 Å². The molecule has 2 N–H and O–H groups in total. The molecule has 2 aromatic rings. The van der Waals surface area contributed by atoms with Crippen LogP contribution in [0.2, 0.25) is 0 Å². The molecule has 0 aliphatic heterocycles. The Hall–Kier alpha value is -1.64. The monoisotopic (exact) mass is 205 g/mol. The van der Waals surface area contributed by atoms with E-state index in [-0.39, 0.29) is 11.5 Å². The predicted octanol–water partition coefficient (Wildman–Crippen LogP) is 2.85. The van der Waals surface area contributed by atoms with E-state index < -0.39 is 0 Å². The van der Waals surface area contributed by atoms with Crippen LogP contribution in [0.15, 0.2) is 24.4 Å². The zero-order chi connectivity index (χ0) is 10.8. The highest BCUT2D eigenvalue weighted by Crippen LogP contribution is 2.30. The number of phenols is 1. The summed E-state index contributed by atoms with van der Waals surface area (Å²) >= 11 is 0. The average Bonchev–Trinajstić information content (AvgIpc) is 2.53. The lowest BCUT2D eigenvalue weighted by atomic mass is 10.2. The lowest BCUT2D eigenvalue weighted by molar-refractivity contribution is 0.471. The molecule has 0 bridgehead atoms. The number of hydrogen-bond acceptors (Lipinski definition) is 2. The molecule has 1 heterocycles. The molecule has 3 nitrogen and oxygen atoms in total. The lowest BCUT2D eigenvalue weighted by Gasteiger charge is -2.02. The van der Waals surface area contributed by atoms with Crippen LogP contribution in [-0.4, -0.2) is 14.8 Å². The first-order valence-corrected chi connectivity index (χ1v) is 5.23. The molecule has 0 amide bonds. The minimum absolute atomic E-state index is 0.186. The Morgan fingerprint density at radius 3 is 2.80 bits per heavy atom. The van der Waals surface area contributed by atoms with Gasteiger partial charge in [0.05, 0.1) is 5.52 Å². The quantitative estimate of drug-likeness (QED) is 0.809. The Balaban J connectivity index is 2.48. The molecule has 3 heteroatoms. The highest BCUT2D eigenvalue weighted by atomic mass is 16.3. The fourth-order valence-corrected chi connectivity index (χ4v) is 1.78. The molecule has 1 aromatic carbocycles. The van der Waals surface area contributed by atoms with Gasteiger partial charge in [0.25, 0.3) is 0 Å². The van der Waals surface area contributed by atoms with Gasteiger partial charge in [-0.25, -0.2) is 0 Å². The predicted molar refractivity (Wildman–Crippen MR) is 60.2 cm³/mol. The van der Waals surface area contributed by atoms with Crippen molar-refractivity contribution in [3.05, 3.63) is 24.4 Å². The summed E-state index contributed by atoms with van der Waals surface area (Å²) in [5.41, 5.74) is 0.971. The minimum Gasteiger partial charge on any atom is -0.508 e. The number of aromatic nitrogens is 1. The zero-order valence-corrected chi connectivity index (χ0v) is 8.77. The number of fused-ring (bicyclic) bond motifs is 1. The van der Waals surface area contributed by atoms with E-state index in [9.17, 15) is 10.2 Å². The highest BCUT2D eigenvalue weighted by molar-refractivity contribution is 5.87. The summed E-state index contributed by atoms with van der Waals surface area (Å²) in [7, 11) is 0. The van der Waals surface area contributed by atoms with Crippen LogP contribution in [0, 0.1) is 0 Å². The highest BCUT2D eigenvalue weighted by Gasteiger charge is 2.07. The fraction of sp³-hybridized carbons (Fsp3) is 0.333. The molecule has 0 saturated heterocycles. The van der Waals surface area contributed by atoms with E-state index in [0.29, 0.717) is 5.39 Å². The van der Waals surface area contributed by atoms with Crippen LogP contribution >= 0.6 is 0 Å². The summed E-state index contributed by atoms with van der Waals surface area (Å²) in [6.07, 6.45) is 3.93. The van der Waals surface area contributed by atoms with Crippen molar-refractivity contribution in [1.29, 1.82) is 0 Å². The largest absolute Gasteiger partial charge is 0.508 e. The third-order valence-electron chi connectivity index (χ3n) is 2.60. The van der Waals surface area contributed by atoms with E-state index in [0.717, 1.165) is 24.9 Å². The number of aryl methyl sites for hydroxylation is 1. The first-order valence-electron chi connectivity index (χ1n) is 5.23. The van der Waals surface area contributed by atoms with Gasteiger partial charge in [-0.05, 0) is 24.6 Å². The molecule has 0 unspecified atom stereocenters. The van der Waals surface area contributed by atoms with Gasteiger partial charge < -0.3 is 14.8 Å². The van der Waals surface area contributed by atoms with Gasteiger partial charge in [-0.2, -0.15) is 0 Å². The minimum atomic E-state index is 0.186. The van der Waals surface area contributed by atoms with E-state index in [1.165, 1.54) is 0 Å². The van der Waals surface area contributed by atoms with Gasteiger partial charge in [0.1, 0.15) is 11.5 Å². The van der Waals surface area contributed by atoms with Crippen molar-refractivity contribution in [3.63, 3.8) is 0 Å². The maximum atomic E-state index is 9.68. The SMILES string of the molecule is CCCCn1cc(O)c2cc(O)ccc21. The molecule has 80 valence electrons.